The Kier molecular flexibility index (Phi) is 6.71. The van der Waals surface area contributed by atoms with E-state index in [1.807, 2.05) is 0 Å². The number of hydrogen-bond acceptors (Lipinski definition) is 4. The van der Waals surface area contributed by atoms with Crippen molar-refractivity contribution >= 4 is 23.5 Å². The van der Waals surface area contributed by atoms with Gasteiger partial charge in [0.2, 0.25) is 0 Å². The van der Waals surface area contributed by atoms with Gasteiger partial charge in [-0.1, -0.05) is 24.6 Å². The molecule has 0 unspecified atom stereocenters. The zero-order chi connectivity index (χ0) is 16.7. The van der Waals surface area contributed by atoms with Crippen molar-refractivity contribution in [1.29, 1.82) is 0 Å². The van der Waals surface area contributed by atoms with E-state index < -0.39 is 5.97 Å². The Labute approximate surface area is 141 Å². The van der Waals surface area contributed by atoms with Crippen molar-refractivity contribution < 1.29 is 19.1 Å². The van der Waals surface area contributed by atoms with Crippen molar-refractivity contribution in [2.45, 2.75) is 38.6 Å². The van der Waals surface area contributed by atoms with Crippen molar-refractivity contribution in [1.82, 2.24) is 5.32 Å². The molecule has 1 saturated carbocycles. The summed E-state index contributed by atoms with van der Waals surface area (Å²) in [5.74, 6) is 0.359. The molecule has 0 aromatic heterocycles. The topological polar surface area (TPSA) is 64.6 Å². The summed E-state index contributed by atoms with van der Waals surface area (Å²) in [6.45, 7) is 1.69. The molecule has 0 radical (unpaired) electrons. The Hall–Kier alpha value is -1.75. The average molecular weight is 340 g/mol. The van der Waals surface area contributed by atoms with Crippen LogP contribution in [-0.4, -0.2) is 31.1 Å². The van der Waals surface area contributed by atoms with Crippen LogP contribution in [0.1, 0.15) is 32.6 Å². The predicted octanol–water partition coefficient (Wildman–Crippen LogP) is 2.96. The highest BCUT2D eigenvalue weighted by Gasteiger charge is 2.20. The minimum absolute atomic E-state index is 0.195. The Bertz CT molecular complexity index is 541. The second kappa shape index (κ2) is 8.77. The number of hydrogen-bond donors (Lipinski definition) is 1. The lowest BCUT2D eigenvalue weighted by atomic mass is 9.87. The molecule has 0 heterocycles. The normalized spacial score (nSPS) is 20.6. The van der Waals surface area contributed by atoms with E-state index in [1.165, 1.54) is 0 Å². The van der Waals surface area contributed by atoms with E-state index in [0.717, 1.165) is 31.6 Å². The first-order chi connectivity index (χ1) is 11.0. The maximum absolute atomic E-state index is 11.8. The van der Waals surface area contributed by atoms with Crippen LogP contribution in [0.5, 0.6) is 5.75 Å². The van der Waals surface area contributed by atoms with Crippen LogP contribution in [0.25, 0.3) is 0 Å². The van der Waals surface area contributed by atoms with Crippen molar-refractivity contribution in [3.05, 3.63) is 29.3 Å². The number of esters is 1. The minimum atomic E-state index is -0.586. The van der Waals surface area contributed by atoms with Gasteiger partial charge < -0.3 is 14.8 Å². The van der Waals surface area contributed by atoms with Crippen molar-refractivity contribution in [2.24, 2.45) is 5.92 Å². The largest absolute Gasteiger partial charge is 0.482 e. The van der Waals surface area contributed by atoms with E-state index in [-0.39, 0.29) is 25.2 Å². The van der Waals surface area contributed by atoms with Gasteiger partial charge >= 0.3 is 5.97 Å². The molecule has 1 aromatic rings. The van der Waals surface area contributed by atoms with Crippen LogP contribution < -0.4 is 10.1 Å². The average Bonchev–Trinajstić information content (AvgIpc) is 2.53. The van der Waals surface area contributed by atoms with Gasteiger partial charge in [-0.15, -0.1) is 0 Å². The molecule has 0 saturated heterocycles. The molecular weight excluding hydrogens is 318 g/mol. The molecule has 0 aliphatic heterocycles. The quantitative estimate of drug-likeness (QED) is 0.809. The fourth-order valence-corrected chi connectivity index (χ4v) is 2.74. The molecule has 1 aliphatic rings. The number of carbonyl (C=O) groups is 2. The summed E-state index contributed by atoms with van der Waals surface area (Å²) in [7, 11) is 0. The molecule has 1 aliphatic carbocycles. The zero-order valence-electron chi connectivity index (χ0n) is 13.2. The summed E-state index contributed by atoms with van der Waals surface area (Å²) in [5.41, 5.74) is 0. The van der Waals surface area contributed by atoms with Gasteiger partial charge in [-0.3, -0.25) is 4.79 Å². The highest BCUT2D eigenvalue weighted by Crippen LogP contribution is 2.23. The van der Waals surface area contributed by atoms with Crippen LogP contribution in [0.3, 0.4) is 0 Å². The van der Waals surface area contributed by atoms with Gasteiger partial charge in [-0.05, 0) is 49.8 Å². The van der Waals surface area contributed by atoms with Crippen LogP contribution >= 0.6 is 11.6 Å². The predicted molar refractivity (Wildman–Crippen MR) is 87.5 cm³/mol. The lowest BCUT2D eigenvalue weighted by Gasteiger charge is -2.26. The first-order valence-corrected chi connectivity index (χ1v) is 8.24. The van der Waals surface area contributed by atoms with Crippen molar-refractivity contribution in [3.8, 4) is 5.75 Å². The van der Waals surface area contributed by atoms with Gasteiger partial charge in [-0.2, -0.15) is 0 Å². The Morgan fingerprint density at radius 2 is 1.96 bits per heavy atom. The molecule has 1 aromatic carbocycles. The number of amides is 1. The van der Waals surface area contributed by atoms with Crippen LogP contribution in [0.15, 0.2) is 24.3 Å². The highest BCUT2D eigenvalue weighted by molar-refractivity contribution is 6.30. The molecular formula is C17H22ClNO4. The number of benzene rings is 1. The van der Waals surface area contributed by atoms with Crippen molar-refractivity contribution in [2.75, 3.05) is 13.2 Å². The van der Waals surface area contributed by atoms with Crippen LogP contribution in [-0.2, 0) is 14.3 Å². The molecule has 1 N–H and O–H groups in total. The summed E-state index contributed by atoms with van der Waals surface area (Å²) in [4.78, 5) is 23.4. The molecule has 0 spiro atoms. The van der Waals surface area contributed by atoms with Crippen LogP contribution in [0.4, 0.5) is 0 Å². The highest BCUT2D eigenvalue weighted by atomic mass is 35.5. The number of carbonyl (C=O) groups excluding carboxylic acids is 2. The second-order valence-electron chi connectivity index (χ2n) is 5.93. The van der Waals surface area contributed by atoms with Gasteiger partial charge in [0.15, 0.2) is 13.2 Å². The first-order valence-electron chi connectivity index (χ1n) is 7.86. The minimum Gasteiger partial charge on any atom is -0.482 e. The first kappa shape index (κ1) is 17.6. The summed E-state index contributed by atoms with van der Waals surface area (Å²) >= 11 is 5.82. The molecule has 5 nitrogen and oxygen atoms in total. The maximum atomic E-state index is 11.8. The molecule has 1 fully saturated rings. The van der Waals surface area contributed by atoms with E-state index in [0.29, 0.717) is 10.8 Å². The maximum Gasteiger partial charge on any atom is 0.344 e. The third-order valence-corrected chi connectivity index (χ3v) is 4.13. The van der Waals surface area contributed by atoms with Gasteiger partial charge in [0.25, 0.3) is 5.91 Å². The standard InChI is InChI=1S/C17H22ClNO4/c1-12-5-7-14(8-6-12)19-16(20)10-23-17(21)11-22-15-4-2-3-13(18)9-15/h2-4,9,12,14H,5-8,10-11H2,1H3,(H,19,20). The molecule has 2 rings (SSSR count). The number of halogens is 1. The molecule has 126 valence electrons. The van der Waals surface area contributed by atoms with E-state index in [4.69, 9.17) is 21.1 Å². The Morgan fingerprint density at radius 1 is 1.22 bits per heavy atom. The second-order valence-corrected chi connectivity index (χ2v) is 6.37. The summed E-state index contributed by atoms with van der Waals surface area (Å²) < 4.78 is 10.2. The molecule has 23 heavy (non-hydrogen) atoms. The SMILES string of the molecule is CC1CCC(NC(=O)COC(=O)COc2cccc(Cl)c2)CC1. The third-order valence-electron chi connectivity index (χ3n) is 3.90. The Balaban J connectivity index is 1.63. The zero-order valence-corrected chi connectivity index (χ0v) is 14.0. The fourth-order valence-electron chi connectivity index (χ4n) is 2.56. The van der Waals surface area contributed by atoms with Gasteiger partial charge in [0, 0.05) is 11.1 Å². The van der Waals surface area contributed by atoms with Gasteiger partial charge in [-0.25, -0.2) is 4.79 Å². The number of nitrogens with one attached hydrogen (secondary N) is 1. The number of ether oxygens (including phenoxy) is 2. The molecule has 1 amide bonds. The fraction of sp³-hybridized carbons (Fsp3) is 0.529. The van der Waals surface area contributed by atoms with E-state index >= 15 is 0 Å². The van der Waals surface area contributed by atoms with E-state index in [9.17, 15) is 9.59 Å². The van der Waals surface area contributed by atoms with Gasteiger partial charge in [0.1, 0.15) is 5.75 Å². The lowest BCUT2D eigenvalue weighted by Crippen LogP contribution is -2.39. The molecule has 0 atom stereocenters. The van der Waals surface area contributed by atoms with Crippen molar-refractivity contribution in [3.63, 3.8) is 0 Å². The molecule has 6 heteroatoms. The van der Waals surface area contributed by atoms with E-state index in [1.54, 1.807) is 24.3 Å². The third kappa shape index (κ3) is 6.48. The number of rotatable bonds is 6. The lowest BCUT2D eigenvalue weighted by molar-refractivity contribution is -0.150. The summed E-state index contributed by atoms with van der Waals surface area (Å²) in [6, 6.07) is 6.92. The van der Waals surface area contributed by atoms with E-state index in [2.05, 4.69) is 12.2 Å². The van der Waals surface area contributed by atoms with Crippen LogP contribution in [0.2, 0.25) is 5.02 Å². The summed E-state index contributed by atoms with van der Waals surface area (Å²) in [5, 5.41) is 3.43. The smallest absolute Gasteiger partial charge is 0.344 e. The van der Waals surface area contributed by atoms with Gasteiger partial charge in [0.05, 0.1) is 0 Å². The monoisotopic (exact) mass is 339 g/mol. The van der Waals surface area contributed by atoms with Crippen LogP contribution in [0, 0.1) is 5.92 Å². The molecule has 0 bridgehead atoms. The Morgan fingerprint density at radius 3 is 2.65 bits per heavy atom. The summed E-state index contributed by atoms with van der Waals surface area (Å²) in [6.07, 6.45) is 4.22.